The minimum Gasteiger partial charge on any atom is -0.822 e. The van der Waals surface area contributed by atoms with E-state index in [9.17, 15) is 0 Å². The summed E-state index contributed by atoms with van der Waals surface area (Å²) in [6.45, 7) is 0. The van der Waals surface area contributed by atoms with Gasteiger partial charge in [0, 0.05) is 0 Å². The molecule has 0 unspecified atom stereocenters. The zero-order chi connectivity index (χ0) is 15.1. The third-order valence-electron chi connectivity index (χ3n) is 0.884. The highest BCUT2D eigenvalue weighted by Crippen LogP contribution is 2.03. The number of aromatic amines is 6. The SMILES string of the molecule is O=P([O-])([O-])[O-].c1nn[nH][nH+]1.c1nn[nH][nH+]1.c1nn[nH][nH+]1. The average Bonchev–Trinajstić information content (AvgIpc) is 3.17. The Morgan fingerprint density at radius 1 is 0.750 bits per heavy atom. The molecular weight excluding hydrogens is 299 g/mol. The number of nitrogens with zero attached hydrogens (tertiary/aromatic N) is 6. The first-order chi connectivity index (χ1) is 9.50. The molecule has 3 heterocycles. The fourth-order valence-corrected chi connectivity index (χ4v) is 0.433. The number of H-pyrrole nitrogens is 6. The van der Waals surface area contributed by atoms with E-state index in [2.05, 4.69) is 61.9 Å². The summed E-state index contributed by atoms with van der Waals surface area (Å²) in [6.07, 6.45) is 4.38. The van der Waals surface area contributed by atoms with Gasteiger partial charge in [0.25, 0.3) is 19.0 Å². The highest BCUT2D eigenvalue weighted by atomic mass is 31.2. The standard InChI is InChI=1S/3CH2N4.H3O4P/c3*1-2-4-5-3-1;1-5(2,3)4/h3*1H,(H,2,3,4,5);(H3,1,2,3,4). The van der Waals surface area contributed by atoms with Crippen molar-refractivity contribution in [2.75, 3.05) is 0 Å². The van der Waals surface area contributed by atoms with Crippen LogP contribution in [0.15, 0.2) is 19.0 Å². The molecule has 0 bridgehead atoms. The van der Waals surface area contributed by atoms with Crippen LogP contribution in [0, 0.1) is 0 Å². The lowest BCUT2D eigenvalue weighted by atomic mass is 11.4. The fourth-order valence-electron chi connectivity index (χ4n) is 0.433. The van der Waals surface area contributed by atoms with Gasteiger partial charge in [-0.25, -0.2) is 0 Å². The number of tetrazole rings is 3. The summed E-state index contributed by atoms with van der Waals surface area (Å²) in [6, 6.07) is 0. The van der Waals surface area contributed by atoms with Crippen LogP contribution in [-0.4, -0.2) is 46.6 Å². The molecule has 6 N–H and O–H groups in total. The van der Waals surface area contributed by atoms with Crippen LogP contribution in [0.1, 0.15) is 0 Å². The molecule has 110 valence electrons. The van der Waals surface area contributed by atoms with E-state index >= 15 is 0 Å². The average molecular weight is 308 g/mol. The van der Waals surface area contributed by atoms with Crippen molar-refractivity contribution in [3.63, 3.8) is 0 Å². The number of phosphoric acid groups is 1. The topological polar surface area (TPSA) is 253 Å². The molecule has 0 amide bonds. The predicted molar refractivity (Wildman–Crippen MR) is 46.4 cm³/mol. The van der Waals surface area contributed by atoms with Gasteiger partial charge >= 0.3 is 0 Å². The van der Waals surface area contributed by atoms with Crippen LogP contribution in [0.5, 0.6) is 0 Å². The van der Waals surface area contributed by atoms with Crippen molar-refractivity contribution < 1.29 is 34.5 Å². The number of hydrogen-bond acceptors (Lipinski definition) is 10. The van der Waals surface area contributed by atoms with Gasteiger partial charge in [0.15, 0.2) is 15.6 Å². The van der Waals surface area contributed by atoms with Crippen LogP contribution >= 0.6 is 7.82 Å². The molecular formula is C3H9N12O4P. The second-order valence-corrected chi connectivity index (χ2v) is 3.14. The summed E-state index contributed by atoms with van der Waals surface area (Å²) < 4.78 is 8.55. The largest absolute Gasteiger partial charge is 0.822 e. The number of rotatable bonds is 0. The first-order valence-corrected chi connectivity index (χ1v) is 5.85. The molecule has 0 aliphatic carbocycles. The molecule has 0 spiro atoms. The Morgan fingerprint density at radius 3 is 1.05 bits per heavy atom. The molecule has 16 nitrogen and oxygen atoms in total. The molecule has 20 heavy (non-hydrogen) atoms. The first kappa shape index (κ1) is 17.3. The van der Waals surface area contributed by atoms with E-state index in [4.69, 9.17) is 19.2 Å². The molecule has 0 aromatic carbocycles. The molecule has 0 fully saturated rings. The Balaban J connectivity index is 0.000000241. The monoisotopic (exact) mass is 308 g/mol. The van der Waals surface area contributed by atoms with Crippen molar-refractivity contribution >= 4 is 7.82 Å². The summed E-state index contributed by atoms with van der Waals surface area (Å²) in [4.78, 5) is 25.6. The van der Waals surface area contributed by atoms with Crippen LogP contribution in [0.25, 0.3) is 0 Å². The van der Waals surface area contributed by atoms with Crippen molar-refractivity contribution in [3.8, 4) is 0 Å². The molecule has 3 aromatic heterocycles. The quantitative estimate of drug-likeness (QED) is 0.330. The third-order valence-corrected chi connectivity index (χ3v) is 0.884. The van der Waals surface area contributed by atoms with E-state index in [0.29, 0.717) is 0 Å². The molecule has 0 aliphatic heterocycles. The summed E-state index contributed by atoms with van der Waals surface area (Å²) in [5.74, 6) is 0. The van der Waals surface area contributed by atoms with Crippen LogP contribution in [0.2, 0.25) is 0 Å². The van der Waals surface area contributed by atoms with Crippen LogP contribution in [-0.2, 0) is 4.57 Å². The third kappa shape index (κ3) is 20.7. The summed E-state index contributed by atoms with van der Waals surface area (Å²) >= 11 is 0. The molecule has 0 aliphatic rings. The van der Waals surface area contributed by atoms with E-state index in [1.807, 2.05) is 0 Å². The Labute approximate surface area is 109 Å². The molecule has 0 saturated carbocycles. The Hall–Kier alpha value is -2.68. The summed E-state index contributed by atoms with van der Waals surface area (Å²) in [5.41, 5.74) is 0. The zero-order valence-corrected chi connectivity index (χ0v) is 10.4. The summed E-state index contributed by atoms with van der Waals surface area (Å²) in [7, 11) is -5.39. The summed E-state index contributed by atoms with van der Waals surface area (Å²) in [5, 5.41) is 34.6. The van der Waals surface area contributed by atoms with Crippen molar-refractivity contribution in [2.45, 2.75) is 0 Å². The minimum absolute atomic E-state index is 1.46. The lowest BCUT2D eigenvalue weighted by molar-refractivity contribution is -0.456. The van der Waals surface area contributed by atoms with Crippen molar-refractivity contribution in [1.82, 2.24) is 46.6 Å². The highest BCUT2D eigenvalue weighted by Gasteiger charge is 1.72. The minimum atomic E-state index is -5.39. The maximum Gasteiger partial charge on any atom is 0.286 e. The van der Waals surface area contributed by atoms with Gasteiger partial charge < -0.3 is 19.2 Å². The molecule has 17 heteroatoms. The van der Waals surface area contributed by atoms with Crippen molar-refractivity contribution in [1.29, 1.82) is 0 Å². The van der Waals surface area contributed by atoms with Gasteiger partial charge in [-0.1, -0.05) is 15.6 Å². The lowest BCUT2D eigenvalue weighted by Crippen LogP contribution is -2.24. The number of hydrogen-bond donors (Lipinski definition) is 3. The molecule has 0 radical (unpaired) electrons. The lowest BCUT2D eigenvalue weighted by Gasteiger charge is -2.36. The maximum absolute atomic E-state index is 8.55. The highest BCUT2D eigenvalue weighted by molar-refractivity contribution is 7.40. The van der Waals surface area contributed by atoms with Gasteiger partial charge in [-0.2, -0.15) is 23.1 Å². The predicted octanol–water partition coefficient (Wildman–Crippen LogP) is -6.97. The van der Waals surface area contributed by atoms with Gasteiger partial charge in [0.05, 0.1) is 0 Å². The number of aromatic nitrogens is 12. The van der Waals surface area contributed by atoms with Crippen LogP contribution in [0.4, 0.5) is 0 Å². The van der Waals surface area contributed by atoms with Crippen molar-refractivity contribution in [3.05, 3.63) is 19.0 Å². The van der Waals surface area contributed by atoms with Gasteiger partial charge in [-0.3, -0.25) is 0 Å². The van der Waals surface area contributed by atoms with Crippen LogP contribution < -0.4 is 30.0 Å². The van der Waals surface area contributed by atoms with E-state index in [0.717, 1.165) is 0 Å². The van der Waals surface area contributed by atoms with Crippen LogP contribution in [0.3, 0.4) is 0 Å². The van der Waals surface area contributed by atoms with Crippen molar-refractivity contribution in [2.24, 2.45) is 0 Å². The van der Waals surface area contributed by atoms with Gasteiger partial charge in [-0.15, -0.1) is 0 Å². The maximum atomic E-state index is 8.55. The smallest absolute Gasteiger partial charge is 0.286 e. The number of nitrogens with one attached hydrogen (secondary N) is 6. The normalized spacial score (nSPS) is 8.95. The Morgan fingerprint density at radius 2 is 1.00 bits per heavy atom. The molecule has 0 saturated heterocycles. The van der Waals surface area contributed by atoms with E-state index in [1.165, 1.54) is 19.0 Å². The van der Waals surface area contributed by atoms with Gasteiger partial charge in [0.2, 0.25) is 0 Å². The van der Waals surface area contributed by atoms with E-state index in [1.54, 1.807) is 0 Å². The second-order valence-electron chi connectivity index (χ2n) is 2.25. The Bertz CT molecular complexity index is 381. The molecule has 3 rings (SSSR count). The fraction of sp³-hybridized carbons (Fsp3) is 0. The van der Waals surface area contributed by atoms with E-state index < -0.39 is 7.82 Å². The van der Waals surface area contributed by atoms with Gasteiger partial charge in [0.1, 0.15) is 15.3 Å². The Kier molecular flexibility index (Phi) is 9.88. The van der Waals surface area contributed by atoms with E-state index in [-0.39, 0.29) is 0 Å². The first-order valence-electron chi connectivity index (χ1n) is 4.39. The second kappa shape index (κ2) is 11.4. The molecule has 3 aromatic rings. The molecule has 0 atom stereocenters. The van der Waals surface area contributed by atoms with Gasteiger partial charge in [-0.05, 0) is 0 Å². The zero-order valence-electron chi connectivity index (χ0n) is 9.50.